The molecule has 1 aliphatic carbocycles. The van der Waals surface area contributed by atoms with Gasteiger partial charge in [0, 0.05) is 0 Å². The lowest BCUT2D eigenvalue weighted by molar-refractivity contribution is -0.123. The summed E-state index contributed by atoms with van der Waals surface area (Å²) in [4.78, 5) is 11.8. The van der Waals surface area contributed by atoms with E-state index >= 15 is 0 Å². The van der Waals surface area contributed by atoms with Gasteiger partial charge in [0.2, 0.25) is 5.91 Å². The number of hydrogen-bond donors (Lipinski definition) is 2. The number of amides is 1. The van der Waals surface area contributed by atoms with Gasteiger partial charge < -0.3 is 11.1 Å². The molecule has 2 rings (SSSR count). The first-order valence-corrected chi connectivity index (χ1v) is 6.36. The van der Waals surface area contributed by atoms with Crippen LogP contribution in [0.3, 0.4) is 0 Å². The Labute approximate surface area is 115 Å². The molecule has 0 fully saturated rings. The number of nitrogens with one attached hydrogen (secondary N) is 1. The number of carbonyl (C=O) groups excluding carboxylic acids is 1. The van der Waals surface area contributed by atoms with E-state index in [9.17, 15) is 4.79 Å². The van der Waals surface area contributed by atoms with Crippen LogP contribution in [0.1, 0.15) is 43.4 Å². The molecule has 0 saturated heterocycles. The monoisotopic (exact) mass is 268 g/mol. The minimum atomic E-state index is -0.385. The van der Waals surface area contributed by atoms with Crippen LogP contribution < -0.4 is 11.1 Å². The number of hydrogen-bond acceptors (Lipinski definition) is 2. The Hall–Kier alpha value is -1.06. The Morgan fingerprint density at radius 1 is 1.50 bits per heavy atom. The van der Waals surface area contributed by atoms with E-state index in [2.05, 4.69) is 23.5 Å². The van der Waals surface area contributed by atoms with Crippen molar-refractivity contribution in [1.29, 1.82) is 0 Å². The van der Waals surface area contributed by atoms with Gasteiger partial charge in [0.1, 0.15) is 0 Å². The Balaban J connectivity index is 0.00000162. The zero-order chi connectivity index (χ0) is 12.3. The normalized spacial score (nSPS) is 19.3. The quantitative estimate of drug-likeness (QED) is 0.884. The fourth-order valence-electron chi connectivity index (χ4n) is 2.37. The molecule has 100 valence electrons. The smallest absolute Gasteiger partial charge is 0.237 e. The van der Waals surface area contributed by atoms with Crippen molar-refractivity contribution in [2.75, 3.05) is 0 Å². The van der Waals surface area contributed by atoms with Crippen LogP contribution >= 0.6 is 12.4 Å². The van der Waals surface area contributed by atoms with Crippen LogP contribution in [0.25, 0.3) is 0 Å². The van der Waals surface area contributed by atoms with E-state index in [4.69, 9.17) is 5.73 Å². The molecular weight excluding hydrogens is 248 g/mol. The lowest BCUT2D eigenvalue weighted by Crippen LogP contribution is -2.42. The van der Waals surface area contributed by atoms with E-state index < -0.39 is 0 Å². The zero-order valence-corrected chi connectivity index (χ0v) is 11.5. The molecule has 0 aliphatic heterocycles. The highest BCUT2D eigenvalue weighted by molar-refractivity contribution is 5.85. The van der Waals surface area contributed by atoms with Crippen LogP contribution in [-0.4, -0.2) is 11.9 Å². The van der Waals surface area contributed by atoms with Gasteiger partial charge >= 0.3 is 0 Å². The maximum absolute atomic E-state index is 11.8. The molecule has 0 aromatic heterocycles. The number of nitrogens with two attached hydrogens (primary N) is 1. The molecular formula is C14H21ClN2O. The summed E-state index contributed by atoms with van der Waals surface area (Å²) in [5.74, 6) is -0.0331. The topological polar surface area (TPSA) is 55.1 Å². The van der Waals surface area contributed by atoms with Crippen molar-refractivity contribution >= 4 is 18.3 Å². The number of benzene rings is 1. The minimum absolute atomic E-state index is 0. The first-order chi connectivity index (χ1) is 8.22. The third kappa shape index (κ3) is 3.24. The standard InChI is InChI=1S/C14H20N2O.ClH/c1-2-12(15)14(17)16-13-9-5-7-10-6-3-4-8-11(10)13;/h3-4,6,8,12-13H,2,5,7,9,15H2,1H3,(H,16,17);1H/t12-,13?;/m0./s1. The van der Waals surface area contributed by atoms with Crippen molar-refractivity contribution in [2.45, 2.75) is 44.7 Å². The molecule has 18 heavy (non-hydrogen) atoms. The summed E-state index contributed by atoms with van der Waals surface area (Å²) < 4.78 is 0. The van der Waals surface area contributed by atoms with Gasteiger partial charge in [-0.3, -0.25) is 4.79 Å². The second-order valence-corrected chi connectivity index (χ2v) is 4.67. The van der Waals surface area contributed by atoms with Crippen LogP contribution in [0.15, 0.2) is 24.3 Å². The van der Waals surface area contributed by atoms with Gasteiger partial charge in [-0.2, -0.15) is 0 Å². The maximum atomic E-state index is 11.8. The minimum Gasteiger partial charge on any atom is -0.348 e. The van der Waals surface area contributed by atoms with Crippen molar-refractivity contribution in [1.82, 2.24) is 5.32 Å². The highest BCUT2D eigenvalue weighted by Gasteiger charge is 2.22. The molecule has 1 unspecified atom stereocenters. The Kier molecular flexibility index (Phi) is 5.63. The van der Waals surface area contributed by atoms with E-state index in [0.29, 0.717) is 6.42 Å². The number of aryl methyl sites for hydroxylation is 1. The second kappa shape index (κ2) is 6.76. The highest BCUT2D eigenvalue weighted by atomic mass is 35.5. The van der Waals surface area contributed by atoms with Gasteiger partial charge in [-0.1, -0.05) is 31.2 Å². The summed E-state index contributed by atoms with van der Waals surface area (Å²) in [5, 5.41) is 3.06. The summed E-state index contributed by atoms with van der Waals surface area (Å²) in [7, 11) is 0. The van der Waals surface area contributed by atoms with Crippen LogP contribution in [0.5, 0.6) is 0 Å². The first-order valence-electron chi connectivity index (χ1n) is 6.36. The van der Waals surface area contributed by atoms with Crippen molar-refractivity contribution in [2.24, 2.45) is 5.73 Å². The van der Waals surface area contributed by atoms with E-state index in [0.717, 1.165) is 19.3 Å². The molecule has 0 bridgehead atoms. The van der Waals surface area contributed by atoms with Gasteiger partial charge in [-0.15, -0.1) is 12.4 Å². The SMILES string of the molecule is CC[C@H](N)C(=O)NC1CCCc2ccccc21.Cl. The molecule has 4 heteroatoms. The average Bonchev–Trinajstić information content (AvgIpc) is 2.38. The van der Waals surface area contributed by atoms with Crippen LogP contribution in [0.4, 0.5) is 0 Å². The molecule has 0 spiro atoms. The summed E-state index contributed by atoms with van der Waals surface area (Å²) in [5.41, 5.74) is 8.36. The van der Waals surface area contributed by atoms with Gasteiger partial charge in [0.15, 0.2) is 0 Å². The van der Waals surface area contributed by atoms with Crippen molar-refractivity contribution in [3.63, 3.8) is 0 Å². The number of halogens is 1. The summed E-state index contributed by atoms with van der Waals surface area (Å²) >= 11 is 0. The average molecular weight is 269 g/mol. The van der Waals surface area contributed by atoms with Crippen LogP contribution in [-0.2, 0) is 11.2 Å². The van der Waals surface area contributed by atoms with E-state index in [-0.39, 0.29) is 30.4 Å². The highest BCUT2D eigenvalue weighted by Crippen LogP contribution is 2.29. The lowest BCUT2D eigenvalue weighted by atomic mass is 9.87. The Bertz CT molecular complexity index is 409. The van der Waals surface area contributed by atoms with E-state index in [1.807, 2.05) is 13.0 Å². The number of rotatable bonds is 3. The molecule has 0 saturated carbocycles. The molecule has 1 aliphatic rings. The summed E-state index contributed by atoms with van der Waals surface area (Å²) in [6.45, 7) is 1.93. The predicted molar refractivity (Wildman–Crippen MR) is 75.8 cm³/mol. The van der Waals surface area contributed by atoms with E-state index in [1.54, 1.807) is 0 Å². The van der Waals surface area contributed by atoms with E-state index in [1.165, 1.54) is 11.1 Å². The van der Waals surface area contributed by atoms with Gasteiger partial charge in [0.05, 0.1) is 12.1 Å². The third-order valence-electron chi connectivity index (χ3n) is 3.46. The second-order valence-electron chi connectivity index (χ2n) is 4.67. The molecule has 3 nitrogen and oxygen atoms in total. The summed E-state index contributed by atoms with van der Waals surface area (Å²) in [6, 6.07) is 8.10. The predicted octanol–water partition coefficient (Wildman–Crippen LogP) is 2.34. The van der Waals surface area contributed by atoms with Gasteiger partial charge in [-0.25, -0.2) is 0 Å². The number of fused-ring (bicyclic) bond motifs is 1. The fraction of sp³-hybridized carbons (Fsp3) is 0.500. The number of carbonyl (C=O) groups is 1. The molecule has 1 amide bonds. The molecule has 1 aromatic rings. The molecule has 0 heterocycles. The molecule has 3 N–H and O–H groups in total. The van der Waals surface area contributed by atoms with Crippen molar-refractivity contribution in [3.8, 4) is 0 Å². The molecule has 2 atom stereocenters. The lowest BCUT2D eigenvalue weighted by Gasteiger charge is -2.27. The van der Waals surface area contributed by atoms with Crippen LogP contribution in [0, 0.1) is 0 Å². The first kappa shape index (κ1) is 15.0. The van der Waals surface area contributed by atoms with Gasteiger partial charge in [0.25, 0.3) is 0 Å². The Morgan fingerprint density at radius 2 is 2.22 bits per heavy atom. The largest absolute Gasteiger partial charge is 0.348 e. The van der Waals surface area contributed by atoms with Crippen LogP contribution in [0.2, 0.25) is 0 Å². The summed E-state index contributed by atoms with van der Waals surface area (Å²) in [6.07, 6.45) is 3.94. The maximum Gasteiger partial charge on any atom is 0.237 e. The third-order valence-corrected chi connectivity index (χ3v) is 3.46. The Morgan fingerprint density at radius 3 is 2.94 bits per heavy atom. The molecule has 1 aromatic carbocycles. The van der Waals surface area contributed by atoms with Gasteiger partial charge in [-0.05, 0) is 36.8 Å². The van der Waals surface area contributed by atoms with Crippen molar-refractivity contribution in [3.05, 3.63) is 35.4 Å². The zero-order valence-electron chi connectivity index (χ0n) is 10.7. The molecule has 0 radical (unpaired) electrons. The fourth-order valence-corrected chi connectivity index (χ4v) is 2.37. The van der Waals surface area contributed by atoms with Crippen molar-refractivity contribution < 1.29 is 4.79 Å².